The van der Waals surface area contributed by atoms with Crippen molar-refractivity contribution in [3.05, 3.63) is 0 Å². The van der Waals surface area contributed by atoms with Gasteiger partial charge in [0, 0.05) is 0 Å². The Morgan fingerprint density at radius 2 is 2.00 bits per heavy atom. The minimum absolute atomic E-state index is 0.503. The van der Waals surface area contributed by atoms with Gasteiger partial charge in [0.15, 0.2) is 0 Å². The van der Waals surface area contributed by atoms with Gasteiger partial charge in [-0.05, 0) is 12.8 Å². The third kappa shape index (κ3) is 1.42. The summed E-state index contributed by atoms with van der Waals surface area (Å²) in [5.74, 6) is 0. The summed E-state index contributed by atoms with van der Waals surface area (Å²) in [7, 11) is 0. The molecular weight excluding hydrogens is 148 g/mol. The van der Waals surface area contributed by atoms with Crippen molar-refractivity contribution in [2.75, 3.05) is 6.61 Å². The van der Waals surface area contributed by atoms with Gasteiger partial charge in [-0.2, -0.15) is 0 Å². The molecule has 3 N–H and O–H groups in total. The second-order valence-corrected chi connectivity index (χ2v) is 3.05. The Morgan fingerprint density at radius 3 is 2.27 bits per heavy atom. The SMILES string of the molecule is O=CC1([C@@H](O)[C@@H](O)CO)CC1. The molecule has 0 aromatic heterocycles. The number of hydrogen-bond donors (Lipinski definition) is 3. The first kappa shape index (κ1) is 8.64. The van der Waals surface area contributed by atoms with E-state index in [0.29, 0.717) is 19.1 Å². The highest BCUT2D eigenvalue weighted by atomic mass is 16.4. The van der Waals surface area contributed by atoms with Gasteiger partial charge in [0.2, 0.25) is 0 Å². The molecule has 11 heavy (non-hydrogen) atoms. The van der Waals surface area contributed by atoms with E-state index in [1.165, 1.54) is 0 Å². The summed E-state index contributed by atoms with van der Waals surface area (Å²) < 4.78 is 0. The van der Waals surface area contributed by atoms with Gasteiger partial charge in [0.25, 0.3) is 0 Å². The Bertz CT molecular complexity index is 153. The van der Waals surface area contributed by atoms with Crippen LogP contribution in [-0.2, 0) is 4.79 Å². The van der Waals surface area contributed by atoms with Gasteiger partial charge in [-0.3, -0.25) is 0 Å². The molecule has 0 aliphatic heterocycles. The smallest absolute Gasteiger partial charge is 0.128 e. The lowest BCUT2D eigenvalue weighted by Gasteiger charge is -2.20. The summed E-state index contributed by atoms with van der Waals surface area (Å²) in [6.45, 7) is -0.503. The maximum absolute atomic E-state index is 10.4. The van der Waals surface area contributed by atoms with Gasteiger partial charge in [0.05, 0.1) is 18.1 Å². The van der Waals surface area contributed by atoms with E-state index >= 15 is 0 Å². The van der Waals surface area contributed by atoms with Crippen molar-refractivity contribution in [1.29, 1.82) is 0 Å². The highest BCUT2D eigenvalue weighted by Crippen LogP contribution is 2.47. The molecule has 1 saturated carbocycles. The number of carbonyl (C=O) groups excluding carboxylic acids is 1. The predicted molar refractivity (Wildman–Crippen MR) is 36.8 cm³/mol. The molecule has 0 amide bonds. The van der Waals surface area contributed by atoms with Gasteiger partial charge in [0.1, 0.15) is 12.4 Å². The first-order chi connectivity index (χ1) is 5.16. The van der Waals surface area contributed by atoms with E-state index in [-0.39, 0.29) is 0 Å². The Hall–Kier alpha value is -0.450. The van der Waals surface area contributed by atoms with Crippen LogP contribution in [0.2, 0.25) is 0 Å². The van der Waals surface area contributed by atoms with Crippen LogP contribution in [0.3, 0.4) is 0 Å². The van der Waals surface area contributed by atoms with Crippen LogP contribution in [0.15, 0.2) is 0 Å². The number of rotatable bonds is 4. The number of hydrogen-bond acceptors (Lipinski definition) is 4. The predicted octanol–water partition coefficient (Wildman–Crippen LogP) is -1.32. The first-order valence-corrected chi connectivity index (χ1v) is 3.59. The van der Waals surface area contributed by atoms with E-state index in [9.17, 15) is 9.90 Å². The van der Waals surface area contributed by atoms with E-state index in [1.54, 1.807) is 0 Å². The molecule has 0 bridgehead atoms. The zero-order valence-corrected chi connectivity index (χ0v) is 6.10. The lowest BCUT2D eigenvalue weighted by atomic mass is 9.97. The first-order valence-electron chi connectivity index (χ1n) is 3.59. The molecule has 0 heterocycles. The lowest BCUT2D eigenvalue weighted by molar-refractivity contribution is -0.121. The van der Waals surface area contributed by atoms with Crippen molar-refractivity contribution in [2.24, 2.45) is 5.41 Å². The van der Waals surface area contributed by atoms with Crippen LogP contribution in [0.5, 0.6) is 0 Å². The number of carbonyl (C=O) groups is 1. The molecule has 0 radical (unpaired) electrons. The van der Waals surface area contributed by atoms with Crippen LogP contribution >= 0.6 is 0 Å². The number of aliphatic hydroxyl groups is 3. The van der Waals surface area contributed by atoms with Gasteiger partial charge in [-0.15, -0.1) is 0 Å². The molecule has 1 aliphatic carbocycles. The average molecular weight is 160 g/mol. The monoisotopic (exact) mass is 160 g/mol. The lowest BCUT2D eigenvalue weighted by Crippen LogP contribution is -2.38. The molecule has 2 atom stereocenters. The molecule has 0 aromatic rings. The summed E-state index contributed by atoms with van der Waals surface area (Å²) in [5.41, 5.74) is -0.762. The number of aldehydes is 1. The largest absolute Gasteiger partial charge is 0.394 e. The van der Waals surface area contributed by atoms with Crippen molar-refractivity contribution in [2.45, 2.75) is 25.0 Å². The van der Waals surface area contributed by atoms with E-state index in [1.807, 2.05) is 0 Å². The Kier molecular flexibility index (Phi) is 2.27. The van der Waals surface area contributed by atoms with Gasteiger partial charge >= 0.3 is 0 Å². The van der Waals surface area contributed by atoms with Crippen molar-refractivity contribution >= 4 is 6.29 Å². The van der Waals surface area contributed by atoms with Crippen LogP contribution in [0.25, 0.3) is 0 Å². The molecule has 4 nitrogen and oxygen atoms in total. The zero-order valence-electron chi connectivity index (χ0n) is 6.10. The highest BCUT2D eigenvalue weighted by molar-refractivity contribution is 5.64. The summed E-state index contributed by atoms with van der Waals surface area (Å²) in [6, 6.07) is 0. The molecule has 0 unspecified atom stereocenters. The molecule has 1 rings (SSSR count). The van der Waals surface area contributed by atoms with E-state index in [2.05, 4.69) is 0 Å². The Balaban J connectivity index is 2.52. The normalized spacial score (nSPS) is 25.7. The molecule has 4 heteroatoms. The summed E-state index contributed by atoms with van der Waals surface area (Å²) in [4.78, 5) is 10.4. The minimum Gasteiger partial charge on any atom is -0.394 e. The van der Waals surface area contributed by atoms with Gasteiger partial charge in [-0.25, -0.2) is 0 Å². The fraction of sp³-hybridized carbons (Fsp3) is 0.857. The maximum atomic E-state index is 10.4. The van der Waals surface area contributed by atoms with Crippen LogP contribution in [0.1, 0.15) is 12.8 Å². The number of aliphatic hydroxyl groups excluding tert-OH is 3. The van der Waals surface area contributed by atoms with Gasteiger partial charge in [-0.1, -0.05) is 0 Å². The van der Waals surface area contributed by atoms with Crippen LogP contribution in [0.4, 0.5) is 0 Å². The third-order valence-electron chi connectivity index (χ3n) is 2.20. The average Bonchev–Trinajstić information content (AvgIpc) is 2.82. The molecular formula is C7H12O4. The molecule has 64 valence electrons. The van der Waals surface area contributed by atoms with E-state index in [4.69, 9.17) is 10.2 Å². The van der Waals surface area contributed by atoms with Gasteiger partial charge < -0.3 is 20.1 Å². The summed E-state index contributed by atoms with van der Waals surface area (Å²) in [5, 5.41) is 26.7. The summed E-state index contributed by atoms with van der Waals surface area (Å²) in [6.07, 6.45) is -0.423. The maximum Gasteiger partial charge on any atom is 0.128 e. The Morgan fingerprint density at radius 1 is 1.45 bits per heavy atom. The molecule has 0 aromatic carbocycles. The quantitative estimate of drug-likeness (QED) is 0.446. The Labute approximate surface area is 64.5 Å². The van der Waals surface area contributed by atoms with Crippen LogP contribution in [0, 0.1) is 5.41 Å². The molecule has 0 spiro atoms. The van der Waals surface area contributed by atoms with Crippen molar-refractivity contribution in [3.8, 4) is 0 Å². The molecule has 0 saturated heterocycles. The van der Waals surface area contributed by atoms with Crippen molar-refractivity contribution < 1.29 is 20.1 Å². The second kappa shape index (κ2) is 2.89. The topological polar surface area (TPSA) is 77.8 Å². The highest BCUT2D eigenvalue weighted by Gasteiger charge is 2.51. The van der Waals surface area contributed by atoms with E-state index in [0.717, 1.165) is 0 Å². The van der Waals surface area contributed by atoms with Crippen molar-refractivity contribution in [1.82, 2.24) is 0 Å². The fourth-order valence-corrected chi connectivity index (χ4v) is 1.11. The van der Waals surface area contributed by atoms with Crippen molar-refractivity contribution in [3.63, 3.8) is 0 Å². The second-order valence-electron chi connectivity index (χ2n) is 3.05. The van der Waals surface area contributed by atoms with Crippen LogP contribution in [-0.4, -0.2) is 40.4 Å². The third-order valence-corrected chi connectivity index (χ3v) is 2.20. The molecule has 1 aliphatic rings. The minimum atomic E-state index is -1.19. The van der Waals surface area contributed by atoms with Crippen LogP contribution < -0.4 is 0 Å². The van der Waals surface area contributed by atoms with E-state index < -0.39 is 24.2 Å². The zero-order chi connectivity index (χ0) is 8.48. The fourth-order valence-electron chi connectivity index (χ4n) is 1.11. The summed E-state index contributed by atoms with van der Waals surface area (Å²) >= 11 is 0. The standard InChI is InChI=1S/C7H12O4/c8-3-5(10)6(11)7(4-9)1-2-7/h4-6,8,10-11H,1-3H2/t5-,6-/m0/s1. The molecule has 1 fully saturated rings.